The Labute approximate surface area is 201 Å². The molecule has 0 saturated carbocycles. The lowest BCUT2D eigenvalue weighted by Crippen LogP contribution is -2.46. The lowest BCUT2D eigenvalue weighted by Gasteiger charge is -2.32. The van der Waals surface area contributed by atoms with E-state index >= 15 is 0 Å². The molecule has 0 aromatic heterocycles. The number of carbonyl (C=O) groups excluding carboxylic acids is 2. The van der Waals surface area contributed by atoms with Gasteiger partial charge in [0, 0.05) is 81.0 Å². The van der Waals surface area contributed by atoms with Crippen molar-refractivity contribution in [3.8, 4) is 11.5 Å². The zero-order chi connectivity index (χ0) is 23.7. The van der Waals surface area contributed by atoms with Gasteiger partial charge in [0.25, 0.3) is 0 Å². The van der Waals surface area contributed by atoms with Gasteiger partial charge in [-0.25, -0.2) is 0 Å². The van der Waals surface area contributed by atoms with Crippen molar-refractivity contribution in [2.24, 2.45) is 0 Å². The van der Waals surface area contributed by atoms with Crippen LogP contribution in [0.5, 0.6) is 11.5 Å². The fourth-order valence-electron chi connectivity index (χ4n) is 4.91. The highest BCUT2D eigenvalue weighted by molar-refractivity contribution is 5.99. The molecule has 2 fully saturated rings. The number of nitrogens with zero attached hydrogens (tertiary/aromatic N) is 4. The zero-order valence-corrected chi connectivity index (χ0v) is 20.3. The van der Waals surface area contributed by atoms with Gasteiger partial charge < -0.3 is 14.5 Å². The van der Waals surface area contributed by atoms with Crippen LogP contribution in [-0.2, 0) is 6.42 Å². The van der Waals surface area contributed by atoms with Crippen LogP contribution in [0.3, 0.4) is 0 Å². The highest BCUT2D eigenvalue weighted by Gasteiger charge is 2.23. The van der Waals surface area contributed by atoms with Crippen molar-refractivity contribution < 1.29 is 14.3 Å². The molecule has 34 heavy (non-hydrogen) atoms. The first-order valence-electron chi connectivity index (χ1n) is 12.3. The fourth-order valence-corrected chi connectivity index (χ4v) is 4.91. The lowest BCUT2D eigenvalue weighted by atomic mass is 9.95. The number of ether oxygens (including phenoxy) is 1. The van der Waals surface area contributed by atoms with Gasteiger partial charge in [-0.2, -0.15) is 0 Å². The number of ketones is 2. The topological polar surface area (TPSA) is 56.3 Å². The standard InChI is InChI=1S/C27H34N4O3/c1-28-7-11-30(12-8-28)18-24(32)20-3-5-26-22(15-20)17-23-16-21(4-6-27(23)34-26)25(33)19-31-13-9-29(2)10-14-31/h3-6,15-16H,7-14,17-19H2,1-2H3. The third-order valence-corrected chi connectivity index (χ3v) is 7.29. The fraction of sp³-hybridized carbons (Fsp3) is 0.481. The van der Waals surface area contributed by atoms with Crippen LogP contribution in [0.2, 0.25) is 0 Å². The molecule has 0 unspecified atom stereocenters. The Morgan fingerprint density at radius 1 is 0.676 bits per heavy atom. The summed E-state index contributed by atoms with van der Waals surface area (Å²) in [6.45, 7) is 8.60. The number of Topliss-reactive ketones (excluding diaryl/α,β-unsaturated/α-hetero) is 2. The highest BCUT2D eigenvalue weighted by Crippen LogP contribution is 2.37. The zero-order valence-electron chi connectivity index (χ0n) is 20.3. The molecule has 3 heterocycles. The minimum absolute atomic E-state index is 0.147. The summed E-state index contributed by atoms with van der Waals surface area (Å²) in [4.78, 5) is 34.9. The number of piperazine rings is 2. The Balaban J connectivity index is 1.25. The van der Waals surface area contributed by atoms with Gasteiger partial charge in [0.05, 0.1) is 13.1 Å². The molecule has 0 aliphatic carbocycles. The third-order valence-electron chi connectivity index (χ3n) is 7.29. The molecule has 3 aliphatic rings. The van der Waals surface area contributed by atoms with E-state index in [9.17, 15) is 9.59 Å². The average molecular weight is 463 g/mol. The Kier molecular flexibility index (Phi) is 6.79. The van der Waals surface area contributed by atoms with Gasteiger partial charge in [0.15, 0.2) is 11.6 Å². The van der Waals surface area contributed by atoms with Crippen LogP contribution in [0.4, 0.5) is 0 Å². The van der Waals surface area contributed by atoms with Gasteiger partial charge in [0.2, 0.25) is 0 Å². The van der Waals surface area contributed by atoms with E-state index in [1.807, 2.05) is 36.4 Å². The molecule has 0 spiro atoms. The molecule has 0 N–H and O–H groups in total. The highest BCUT2D eigenvalue weighted by atomic mass is 16.5. The van der Waals surface area contributed by atoms with Crippen LogP contribution >= 0.6 is 0 Å². The van der Waals surface area contributed by atoms with E-state index in [1.165, 1.54) is 0 Å². The molecule has 0 atom stereocenters. The third kappa shape index (κ3) is 5.23. The van der Waals surface area contributed by atoms with Crippen LogP contribution in [0, 0.1) is 0 Å². The molecule has 7 nitrogen and oxygen atoms in total. The molecule has 180 valence electrons. The maximum atomic E-state index is 12.9. The van der Waals surface area contributed by atoms with Gasteiger partial charge >= 0.3 is 0 Å². The number of likely N-dealkylation sites (N-methyl/N-ethyl adjacent to an activating group) is 2. The predicted octanol–water partition coefficient (Wildman–Crippen LogP) is 2.24. The molecule has 2 aromatic carbocycles. The normalized spacial score (nSPS) is 19.8. The Morgan fingerprint density at radius 2 is 1.09 bits per heavy atom. The Hall–Kier alpha value is -2.58. The Bertz CT molecular complexity index is 986. The van der Waals surface area contributed by atoms with Crippen molar-refractivity contribution in [1.82, 2.24) is 19.6 Å². The number of rotatable bonds is 6. The van der Waals surface area contributed by atoms with Crippen LogP contribution in [0.25, 0.3) is 0 Å². The second-order valence-electron chi connectivity index (χ2n) is 9.93. The van der Waals surface area contributed by atoms with E-state index in [2.05, 4.69) is 33.7 Å². The summed E-state index contributed by atoms with van der Waals surface area (Å²) in [5, 5.41) is 0. The maximum Gasteiger partial charge on any atom is 0.176 e. The minimum atomic E-state index is 0.147. The monoisotopic (exact) mass is 462 g/mol. The first-order chi connectivity index (χ1) is 16.4. The van der Waals surface area contributed by atoms with E-state index in [4.69, 9.17) is 4.74 Å². The van der Waals surface area contributed by atoms with E-state index in [0.29, 0.717) is 19.5 Å². The molecule has 3 aliphatic heterocycles. The molecule has 7 heteroatoms. The van der Waals surface area contributed by atoms with E-state index in [-0.39, 0.29) is 11.6 Å². The quantitative estimate of drug-likeness (QED) is 0.521. The smallest absolute Gasteiger partial charge is 0.176 e. The van der Waals surface area contributed by atoms with Crippen molar-refractivity contribution in [3.63, 3.8) is 0 Å². The number of benzene rings is 2. The summed E-state index contributed by atoms with van der Waals surface area (Å²) in [5.41, 5.74) is 3.46. The summed E-state index contributed by atoms with van der Waals surface area (Å²) in [7, 11) is 4.23. The van der Waals surface area contributed by atoms with Gasteiger partial charge in [-0.3, -0.25) is 19.4 Å². The molecule has 5 rings (SSSR count). The minimum Gasteiger partial charge on any atom is -0.457 e. The second-order valence-corrected chi connectivity index (χ2v) is 9.93. The largest absolute Gasteiger partial charge is 0.457 e. The van der Waals surface area contributed by atoms with Gasteiger partial charge in [-0.1, -0.05) is 0 Å². The van der Waals surface area contributed by atoms with E-state index in [0.717, 1.165) is 86.1 Å². The summed E-state index contributed by atoms with van der Waals surface area (Å²) in [5.74, 6) is 1.88. The van der Waals surface area contributed by atoms with Crippen molar-refractivity contribution >= 4 is 11.6 Å². The van der Waals surface area contributed by atoms with Crippen LogP contribution in [0.15, 0.2) is 36.4 Å². The summed E-state index contributed by atoms with van der Waals surface area (Å²) >= 11 is 0. The summed E-state index contributed by atoms with van der Waals surface area (Å²) in [6.07, 6.45) is 0.663. The second kappa shape index (κ2) is 9.96. The summed E-state index contributed by atoms with van der Waals surface area (Å²) < 4.78 is 6.12. The SMILES string of the molecule is CN1CCN(CC(=O)c2ccc3c(c2)Cc2cc(C(=O)CN4CCN(C)CC4)ccc2O3)CC1. The van der Waals surface area contributed by atoms with Crippen molar-refractivity contribution in [2.75, 3.05) is 79.5 Å². The summed E-state index contributed by atoms with van der Waals surface area (Å²) in [6, 6.07) is 11.5. The van der Waals surface area contributed by atoms with E-state index in [1.54, 1.807) is 0 Å². The lowest BCUT2D eigenvalue weighted by molar-refractivity contribution is 0.0869. The first kappa shape index (κ1) is 23.2. The number of fused-ring (bicyclic) bond motifs is 2. The molecule has 0 bridgehead atoms. The molecular formula is C27H34N4O3. The predicted molar refractivity (Wildman–Crippen MR) is 132 cm³/mol. The first-order valence-corrected chi connectivity index (χ1v) is 12.3. The molecule has 0 amide bonds. The van der Waals surface area contributed by atoms with E-state index < -0.39 is 0 Å². The Morgan fingerprint density at radius 3 is 1.50 bits per heavy atom. The number of hydrogen-bond acceptors (Lipinski definition) is 7. The van der Waals surface area contributed by atoms with Gasteiger partial charge in [0.1, 0.15) is 11.5 Å². The van der Waals surface area contributed by atoms with Crippen molar-refractivity contribution in [2.45, 2.75) is 6.42 Å². The number of hydrogen-bond donors (Lipinski definition) is 0. The molecular weight excluding hydrogens is 428 g/mol. The van der Waals surface area contributed by atoms with Crippen LogP contribution < -0.4 is 4.74 Å². The van der Waals surface area contributed by atoms with Crippen molar-refractivity contribution in [1.29, 1.82) is 0 Å². The number of carbonyl (C=O) groups is 2. The molecule has 2 aromatic rings. The van der Waals surface area contributed by atoms with Gasteiger partial charge in [-0.15, -0.1) is 0 Å². The van der Waals surface area contributed by atoms with Crippen molar-refractivity contribution in [3.05, 3.63) is 58.7 Å². The molecule has 0 radical (unpaired) electrons. The van der Waals surface area contributed by atoms with Crippen LogP contribution in [0.1, 0.15) is 31.8 Å². The maximum absolute atomic E-state index is 12.9. The molecule has 2 saturated heterocycles. The average Bonchev–Trinajstić information content (AvgIpc) is 2.84. The van der Waals surface area contributed by atoms with Gasteiger partial charge in [-0.05, 0) is 50.5 Å². The van der Waals surface area contributed by atoms with Crippen LogP contribution in [-0.4, -0.2) is 111 Å².